The highest BCUT2D eigenvalue weighted by Gasteiger charge is 2.03. The van der Waals surface area contributed by atoms with Gasteiger partial charge in [-0.05, 0) is 11.8 Å². The number of hydrogen-bond donors (Lipinski definition) is 0. The summed E-state index contributed by atoms with van der Waals surface area (Å²) in [6.07, 6.45) is 5.90. The van der Waals surface area contributed by atoms with Gasteiger partial charge in [0.15, 0.2) is 0 Å². The second-order valence-corrected chi connectivity index (χ2v) is 3.95. The van der Waals surface area contributed by atoms with E-state index in [1.807, 2.05) is 27.7 Å². The number of allylic oxidation sites excluding steroid dienone is 2. The second kappa shape index (κ2) is 6.98. The first-order chi connectivity index (χ1) is 6.91. The van der Waals surface area contributed by atoms with E-state index in [0.29, 0.717) is 0 Å². The van der Waals surface area contributed by atoms with Crippen LogP contribution in [-0.2, 0) is 14.3 Å². The molecule has 0 spiro atoms. The quantitative estimate of drug-likeness (QED) is 0.407. The molecule has 84 valence electrons. The van der Waals surface area contributed by atoms with E-state index in [2.05, 4.69) is 4.74 Å². The lowest BCUT2D eigenvalue weighted by Crippen LogP contribution is -2.07. The van der Waals surface area contributed by atoms with Crippen molar-refractivity contribution in [2.24, 2.45) is 11.8 Å². The molecule has 3 heteroatoms. The minimum Gasteiger partial charge on any atom is -0.387 e. The van der Waals surface area contributed by atoms with Crippen LogP contribution in [0.4, 0.5) is 0 Å². The van der Waals surface area contributed by atoms with E-state index in [-0.39, 0.29) is 11.8 Å². The number of rotatable bonds is 4. The van der Waals surface area contributed by atoms with Gasteiger partial charge >= 0.3 is 11.9 Å². The molecule has 0 unspecified atom stereocenters. The predicted molar refractivity (Wildman–Crippen MR) is 59.1 cm³/mol. The van der Waals surface area contributed by atoms with Crippen molar-refractivity contribution >= 4 is 11.9 Å². The molecule has 0 radical (unpaired) electrons. The summed E-state index contributed by atoms with van der Waals surface area (Å²) in [7, 11) is 0. The molecule has 0 rings (SSSR count). The van der Waals surface area contributed by atoms with Crippen LogP contribution in [0.25, 0.3) is 0 Å². The Bertz CT molecular complexity index is 245. The van der Waals surface area contributed by atoms with Crippen molar-refractivity contribution in [3.63, 3.8) is 0 Å². The molecule has 0 N–H and O–H groups in total. The predicted octanol–water partition coefficient (Wildman–Crippen LogP) is 2.48. The van der Waals surface area contributed by atoms with Crippen LogP contribution in [0, 0.1) is 11.8 Å². The highest BCUT2D eigenvalue weighted by Crippen LogP contribution is 1.96. The first-order valence-electron chi connectivity index (χ1n) is 5.04. The molecule has 3 nitrogen and oxygen atoms in total. The Kier molecular flexibility index (Phi) is 6.34. The molecule has 0 amide bonds. The molecule has 0 aromatic carbocycles. The number of carbonyl (C=O) groups is 2. The Morgan fingerprint density at radius 2 is 1.20 bits per heavy atom. The van der Waals surface area contributed by atoms with E-state index >= 15 is 0 Å². The minimum atomic E-state index is -0.623. The van der Waals surface area contributed by atoms with Crippen LogP contribution in [0.5, 0.6) is 0 Å². The maximum Gasteiger partial charge on any atom is 0.338 e. The van der Waals surface area contributed by atoms with E-state index in [9.17, 15) is 9.59 Å². The normalized spacial score (nSPS) is 11.9. The SMILES string of the molecule is CC(C)C=CC(=O)OC(=O)C=CC(C)C. The average molecular weight is 210 g/mol. The third kappa shape index (κ3) is 8.94. The summed E-state index contributed by atoms with van der Waals surface area (Å²) in [5.41, 5.74) is 0. The Labute approximate surface area is 90.8 Å². The van der Waals surface area contributed by atoms with Crippen LogP contribution >= 0.6 is 0 Å². The molecular weight excluding hydrogens is 192 g/mol. The van der Waals surface area contributed by atoms with E-state index < -0.39 is 11.9 Å². The molecule has 0 aliphatic heterocycles. The third-order valence-corrected chi connectivity index (χ3v) is 1.44. The molecule has 0 saturated carbocycles. The minimum absolute atomic E-state index is 0.263. The van der Waals surface area contributed by atoms with Gasteiger partial charge in [-0.15, -0.1) is 0 Å². The number of ether oxygens (including phenoxy) is 1. The van der Waals surface area contributed by atoms with E-state index in [4.69, 9.17) is 0 Å². The Morgan fingerprint density at radius 1 is 0.867 bits per heavy atom. The standard InChI is InChI=1S/C12H18O3/c1-9(2)5-7-11(13)15-12(14)8-6-10(3)4/h5-10H,1-4H3. The molecule has 0 saturated heterocycles. The van der Waals surface area contributed by atoms with Crippen molar-refractivity contribution < 1.29 is 14.3 Å². The largest absolute Gasteiger partial charge is 0.387 e. The van der Waals surface area contributed by atoms with Gasteiger partial charge in [-0.2, -0.15) is 0 Å². The molecule has 0 heterocycles. The summed E-state index contributed by atoms with van der Waals surface area (Å²) >= 11 is 0. The highest BCUT2D eigenvalue weighted by molar-refractivity contribution is 5.96. The number of hydrogen-bond acceptors (Lipinski definition) is 3. The third-order valence-electron chi connectivity index (χ3n) is 1.44. The van der Waals surface area contributed by atoms with Crippen LogP contribution < -0.4 is 0 Å². The highest BCUT2D eigenvalue weighted by atomic mass is 16.6. The molecule has 0 fully saturated rings. The summed E-state index contributed by atoms with van der Waals surface area (Å²) < 4.78 is 4.50. The molecule has 0 aliphatic rings. The first-order valence-corrected chi connectivity index (χ1v) is 5.04. The molecule has 0 atom stereocenters. The fourth-order valence-electron chi connectivity index (χ4n) is 0.709. The average Bonchev–Trinajstić information content (AvgIpc) is 2.11. The van der Waals surface area contributed by atoms with Gasteiger partial charge in [0.25, 0.3) is 0 Å². The van der Waals surface area contributed by atoms with Gasteiger partial charge in [-0.3, -0.25) is 0 Å². The van der Waals surface area contributed by atoms with Crippen molar-refractivity contribution in [2.45, 2.75) is 27.7 Å². The van der Waals surface area contributed by atoms with Crippen molar-refractivity contribution in [3.8, 4) is 0 Å². The smallest absolute Gasteiger partial charge is 0.338 e. The Morgan fingerprint density at radius 3 is 1.47 bits per heavy atom. The second-order valence-electron chi connectivity index (χ2n) is 3.95. The summed E-state index contributed by atoms with van der Waals surface area (Å²) in [6, 6.07) is 0. The Hall–Kier alpha value is -1.38. The van der Waals surface area contributed by atoms with E-state index in [1.165, 1.54) is 12.2 Å². The van der Waals surface area contributed by atoms with Crippen LogP contribution in [-0.4, -0.2) is 11.9 Å². The van der Waals surface area contributed by atoms with Gasteiger partial charge in [0.1, 0.15) is 0 Å². The van der Waals surface area contributed by atoms with Gasteiger partial charge < -0.3 is 4.74 Å². The molecule has 15 heavy (non-hydrogen) atoms. The zero-order chi connectivity index (χ0) is 11.8. The topological polar surface area (TPSA) is 43.4 Å². The van der Waals surface area contributed by atoms with Gasteiger partial charge in [-0.1, -0.05) is 39.8 Å². The molecule has 0 bridgehead atoms. The molecule has 0 aliphatic carbocycles. The lowest BCUT2D eigenvalue weighted by atomic mass is 10.2. The van der Waals surface area contributed by atoms with E-state index in [0.717, 1.165) is 0 Å². The summed E-state index contributed by atoms with van der Waals surface area (Å²) in [5.74, 6) is -0.720. The van der Waals surface area contributed by atoms with E-state index in [1.54, 1.807) is 12.2 Å². The fourth-order valence-corrected chi connectivity index (χ4v) is 0.709. The van der Waals surface area contributed by atoms with Crippen LogP contribution in [0.15, 0.2) is 24.3 Å². The number of esters is 2. The molecular formula is C12H18O3. The zero-order valence-electron chi connectivity index (χ0n) is 9.69. The van der Waals surface area contributed by atoms with Gasteiger partial charge in [0, 0.05) is 12.2 Å². The first kappa shape index (κ1) is 13.6. The van der Waals surface area contributed by atoms with Crippen molar-refractivity contribution in [3.05, 3.63) is 24.3 Å². The van der Waals surface area contributed by atoms with Crippen LogP contribution in [0.1, 0.15) is 27.7 Å². The maximum atomic E-state index is 11.0. The van der Waals surface area contributed by atoms with Crippen LogP contribution in [0.3, 0.4) is 0 Å². The number of carbonyl (C=O) groups excluding carboxylic acids is 2. The van der Waals surface area contributed by atoms with Crippen molar-refractivity contribution in [1.29, 1.82) is 0 Å². The van der Waals surface area contributed by atoms with Crippen molar-refractivity contribution in [1.82, 2.24) is 0 Å². The molecule has 0 aromatic rings. The zero-order valence-corrected chi connectivity index (χ0v) is 9.69. The van der Waals surface area contributed by atoms with Crippen LogP contribution in [0.2, 0.25) is 0 Å². The monoisotopic (exact) mass is 210 g/mol. The van der Waals surface area contributed by atoms with Gasteiger partial charge in [0.2, 0.25) is 0 Å². The summed E-state index contributed by atoms with van der Waals surface area (Å²) in [5, 5.41) is 0. The van der Waals surface area contributed by atoms with Gasteiger partial charge in [-0.25, -0.2) is 9.59 Å². The summed E-state index contributed by atoms with van der Waals surface area (Å²) in [6.45, 7) is 7.74. The van der Waals surface area contributed by atoms with Gasteiger partial charge in [0.05, 0.1) is 0 Å². The lowest BCUT2D eigenvalue weighted by Gasteiger charge is -1.97. The maximum absolute atomic E-state index is 11.0. The fraction of sp³-hybridized carbons (Fsp3) is 0.500. The summed E-state index contributed by atoms with van der Waals surface area (Å²) in [4.78, 5) is 22.1. The molecule has 0 aromatic heterocycles. The van der Waals surface area contributed by atoms with Crippen molar-refractivity contribution in [2.75, 3.05) is 0 Å². The Balaban J connectivity index is 4.03. The lowest BCUT2D eigenvalue weighted by molar-refractivity contribution is -0.152.